The normalized spacial score (nSPS) is 23.7. The monoisotopic (exact) mass is 374 g/mol. The molecule has 0 aromatic carbocycles. The SMILES string of the molecule is O=C(NC1CC1)C1(Nc2ccc(F)cn2)CCN(CC2CCCCC2)CC1. The largest absolute Gasteiger partial charge is 0.356 e. The second-order valence-electron chi connectivity index (χ2n) is 8.62. The molecular weight excluding hydrogens is 343 g/mol. The molecule has 0 bridgehead atoms. The van der Waals surface area contributed by atoms with E-state index in [2.05, 4.69) is 20.5 Å². The number of pyridine rings is 1. The zero-order valence-electron chi connectivity index (χ0n) is 16.1. The van der Waals surface area contributed by atoms with E-state index >= 15 is 0 Å². The number of nitrogens with one attached hydrogen (secondary N) is 2. The Hall–Kier alpha value is -1.69. The van der Waals surface area contributed by atoms with Gasteiger partial charge in [-0.15, -0.1) is 0 Å². The maximum atomic E-state index is 13.2. The third-order valence-electron chi connectivity index (χ3n) is 6.39. The first-order valence-electron chi connectivity index (χ1n) is 10.6. The van der Waals surface area contributed by atoms with Crippen LogP contribution in [-0.2, 0) is 4.79 Å². The van der Waals surface area contributed by atoms with E-state index < -0.39 is 5.54 Å². The minimum absolute atomic E-state index is 0.0773. The van der Waals surface area contributed by atoms with Gasteiger partial charge in [0.05, 0.1) is 6.20 Å². The summed E-state index contributed by atoms with van der Waals surface area (Å²) in [4.78, 5) is 19.7. The predicted octanol–water partition coefficient (Wildman–Crippen LogP) is 3.33. The van der Waals surface area contributed by atoms with Crippen LogP contribution in [0.2, 0.25) is 0 Å². The number of aromatic nitrogens is 1. The maximum Gasteiger partial charge on any atom is 0.246 e. The van der Waals surface area contributed by atoms with E-state index in [-0.39, 0.29) is 11.7 Å². The van der Waals surface area contributed by atoms with E-state index in [4.69, 9.17) is 0 Å². The van der Waals surface area contributed by atoms with Crippen LogP contribution in [0.3, 0.4) is 0 Å². The summed E-state index contributed by atoms with van der Waals surface area (Å²) < 4.78 is 13.2. The molecule has 1 saturated heterocycles. The van der Waals surface area contributed by atoms with Crippen molar-refractivity contribution in [1.82, 2.24) is 15.2 Å². The van der Waals surface area contributed by atoms with Crippen molar-refractivity contribution >= 4 is 11.7 Å². The van der Waals surface area contributed by atoms with Gasteiger partial charge in [0.25, 0.3) is 0 Å². The molecule has 0 unspecified atom stereocenters. The first-order valence-corrected chi connectivity index (χ1v) is 10.6. The molecule has 1 amide bonds. The number of carbonyl (C=O) groups is 1. The summed E-state index contributed by atoms with van der Waals surface area (Å²) in [7, 11) is 0. The first-order chi connectivity index (χ1) is 13.1. The molecule has 2 aliphatic carbocycles. The van der Waals surface area contributed by atoms with Gasteiger partial charge in [-0.05, 0) is 56.6 Å². The Morgan fingerprint density at radius 2 is 1.89 bits per heavy atom. The van der Waals surface area contributed by atoms with Gasteiger partial charge in [-0.1, -0.05) is 19.3 Å². The summed E-state index contributed by atoms with van der Waals surface area (Å²) in [5.74, 6) is 1.11. The highest BCUT2D eigenvalue weighted by molar-refractivity contribution is 5.89. The number of likely N-dealkylation sites (tertiary alicyclic amines) is 1. The zero-order chi connectivity index (χ0) is 18.7. The molecule has 3 aliphatic rings. The van der Waals surface area contributed by atoms with Gasteiger partial charge >= 0.3 is 0 Å². The summed E-state index contributed by atoms with van der Waals surface area (Å²) in [5, 5.41) is 6.53. The highest BCUT2D eigenvalue weighted by Gasteiger charge is 2.43. The quantitative estimate of drug-likeness (QED) is 0.802. The Kier molecular flexibility index (Phi) is 5.62. The van der Waals surface area contributed by atoms with E-state index in [1.54, 1.807) is 6.07 Å². The molecule has 0 spiro atoms. The third kappa shape index (κ3) is 4.78. The molecule has 1 aliphatic heterocycles. The van der Waals surface area contributed by atoms with E-state index in [1.807, 2.05) is 0 Å². The van der Waals surface area contributed by atoms with Crippen LogP contribution in [0, 0.1) is 11.7 Å². The molecule has 148 valence electrons. The molecular formula is C21H31FN4O. The molecule has 0 atom stereocenters. The van der Waals surface area contributed by atoms with Crippen molar-refractivity contribution in [2.24, 2.45) is 5.92 Å². The molecule has 4 rings (SSSR count). The minimum Gasteiger partial charge on any atom is -0.356 e. The van der Waals surface area contributed by atoms with Crippen LogP contribution in [0.15, 0.2) is 18.3 Å². The van der Waals surface area contributed by atoms with Crippen LogP contribution in [0.1, 0.15) is 57.8 Å². The van der Waals surface area contributed by atoms with Crippen LogP contribution < -0.4 is 10.6 Å². The average molecular weight is 375 g/mol. The van der Waals surface area contributed by atoms with Gasteiger partial charge in [-0.2, -0.15) is 0 Å². The van der Waals surface area contributed by atoms with Crippen molar-refractivity contribution in [3.63, 3.8) is 0 Å². The van der Waals surface area contributed by atoms with Crippen molar-refractivity contribution in [3.8, 4) is 0 Å². The summed E-state index contributed by atoms with van der Waals surface area (Å²) in [6, 6.07) is 3.34. The number of nitrogens with zero attached hydrogens (tertiary/aromatic N) is 2. The lowest BCUT2D eigenvalue weighted by atomic mass is 9.84. The van der Waals surface area contributed by atoms with Gasteiger partial charge in [0.2, 0.25) is 5.91 Å². The van der Waals surface area contributed by atoms with Crippen molar-refractivity contribution in [2.75, 3.05) is 25.0 Å². The van der Waals surface area contributed by atoms with Crippen LogP contribution >= 0.6 is 0 Å². The van der Waals surface area contributed by atoms with Gasteiger partial charge < -0.3 is 15.5 Å². The Morgan fingerprint density at radius 1 is 1.15 bits per heavy atom. The first kappa shape index (κ1) is 18.7. The van der Waals surface area contributed by atoms with Gasteiger partial charge in [0.15, 0.2) is 0 Å². The number of anilines is 1. The lowest BCUT2D eigenvalue weighted by molar-refractivity contribution is -0.127. The number of halogens is 1. The summed E-state index contributed by atoms with van der Waals surface area (Å²) in [6.07, 6.45) is 11.7. The van der Waals surface area contributed by atoms with Gasteiger partial charge in [0, 0.05) is 25.7 Å². The summed E-state index contributed by atoms with van der Waals surface area (Å²) in [6.45, 7) is 3.00. The number of piperidine rings is 1. The number of rotatable bonds is 6. The second-order valence-corrected chi connectivity index (χ2v) is 8.62. The van der Waals surface area contributed by atoms with E-state index in [0.717, 1.165) is 51.2 Å². The van der Waals surface area contributed by atoms with Gasteiger partial charge in [-0.25, -0.2) is 9.37 Å². The highest BCUT2D eigenvalue weighted by Crippen LogP contribution is 2.31. The number of hydrogen-bond donors (Lipinski definition) is 2. The van der Waals surface area contributed by atoms with E-state index in [0.29, 0.717) is 11.9 Å². The molecule has 0 radical (unpaired) electrons. The standard InChI is InChI=1S/C21H31FN4O/c22-17-6-9-19(23-14-17)25-21(20(27)24-18-7-8-18)10-12-26(13-11-21)15-16-4-2-1-3-5-16/h6,9,14,16,18H,1-5,7-8,10-13,15H2,(H,23,25)(H,24,27). The van der Waals surface area contributed by atoms with Crippen molar-refractivity contribution in [3.05, 3.63) is 24.1 Å². The fraction of sp³-hybridized carbons (Fsp3) is 0.714. The van der Waals surface area contributed by atoms with Crippen LogP contribution in [0.5, 0.6) is 0 Å². The Labute approximate surface area is 161 Å². The highest BCUT2D eigenvalue weighted by atomic mass is 19.1. The Bertz CT molecular complexity index is 632. The van der Waals surface area contributed by atoms with Crippen molar-refractivity contribution in [1.29, 1.82) is 0 Å². The van der Waals surface area contributed by atoms with Gasteiger partial charge in [-0.3, -0.25) is 4.79 Å². The fourth-order valence-corrected chi connectivity index (χ4v) is 4.51. The fourth-order valence-electron chi connectivity index (χ4n) is 4.51. The molecule has 1 aromatic heterocycles. The molecule has 5 nitrogen and oxygen atoms in total. The molecule has 2 saturated carbocycles. The predicted molar refractivity (Wildman–Crippen MR) is 104 cm³/mol. The lowest BCUT2D eigenvalue weighted by Crippen LogP contribution is -2.59. The lowest BCUT2D eigenvalue weighted by Gasteiger charge is -2.42. The zero-order valence-corrected chi connectivity index (χ0v) is 16.1. The van der Waals surface area contributed by atoms with Gasteiger partial charge in [0.1, 0.15) is 17.2 Å². The minimum atomic E-state index is -0.642. The van der Waals surface area contributed by atoms with Crippen molar-refractivity contribution < 1.29 is 9.18 Å². The molecule has 1 aromatic rings. The number of hydrogen-bond acceptors (Lipinski definition) is 4. The Balaban J connectivity index is 1.41. The van der Waals surface area contributed by atoms with Crippen molar-refractivity contribution in [2.45, 2.75) is 69.4 Å². The maximum absolute atomic E-state index is 13.2. The summed E-state index contributed by atoms with van der Waals surface area (Å²) >= 11 is 0. The molecule has 3 fully saturated rings. The van der Waals surface area contributed by atoms with E-state index in [9.17, 15) is 9.18 Å². The van der Waals surface area contributed by atoms with E-state index in [1.165, 1.54) is 44.4 Å². The third-order valence-corrected chi connectivity index (χ3v) is 6.39. The molecule has 6 heteroatoms. The number of carbonyl (C=O) groups excluding carboxylic acids is 1. The Morgan fingerprint density at radius 3 is 2.52 bits per heavy atom. The van der Waals surface area contributed by atoms with Crippen LogP contribution in [-0.4, -0.2) is 47.0 Å². The van der Waals surface area contributed by atoms with Crippen LogP contribution in [0.4, 0.5) is 10.2 Å². The molecule has 2 N–H and O–H groups in total. The average Bonchev–Trinajstić information content (AvgIpc) is 3.50. The number of amides is 1. The second kappa shape index (κ2) is 8.13. The van der Waals surface area contributed by atoms with Crippen LogP contribution in [0.25, 0.3) is 0 Å². The summed E-state index contributed by atoms with van der Waals surface area (Å²) in [5.41, 5.74) is -0.642. The topological polar surface area (TPSA) is 57.3 Å². The smallest absolute Gasteiger partial charge is 0.246 e. The molecule has 2 heterocycles. The molecule has 27 heavy (non-hydrogen) atoms.